The van der Waals surface area contributed by atoms with Crippen LogP contribution in [-0.4, -0.2) is 86.1 Å². The fourth-order valence-corrected chi connectivity index (χ4v) is 5.15. The van der Waals surface area contributed by atoms with E-state index in [0.29, 0.717) is 5.92 Å². The Balaban J connectivity index is 1.93. The molecule has 0 N–H and O–H groups in total. The molecule has 1 saturated heterocycles. The number of rotatable bonds is 16. The molecule has 5 heteroatoms. The monoisotopic (exact) mass is 476 g/mol. The molecule has 2 fully saturated rings. The topological polar surface area (TPSA) is 31.3 Å². The molecule has 0 amide bonds. The van der Waals surface area contributed by atoms with Crippen molar-refractivity contribution in [2.45, 2.75) is 85.6 Å². The van der Waals surface area contributed by atoms with E-state index in [1.165, 1.54) is 57.5 Å². The summed E-state index contributed by atoms with van der Waals surface area (Å²) in [7, 11) is 2.29. The van der Waals surface area contributed by atoms with Gasteiger partial charge in [-0.3, -0.25) is 0 Å². The van der Waals surface area contributed by atoms with E-state index < -0.39 is 0 Å². The van der Waals surface area contributed by atoms with Crippen molar-refractivity contribution in [2.75, 3.05) is 59.5 Å². The van der Waals surface area contributed by atoms with Gasteiger partial charge >= 0.3 is 0 Å². The van der Waals surface area contributed by atoms with Crippen molar-refractivity contribution in [3.8, 4) is 0 Å². The lowest BCUT2D eigenvalue weighted by Gasteiger charge is -2.37. The Kier molecular flexibility index (Phi) is 13.8. The highest BCUT2D eigenvalue weighted by Gasteiger charge is 2.24. The van der Waals surface area contributed by atoms with Gasteiger partial charge in [-0.2, -0.15) is 0 Å². The first kappa shape index (κ1) is 29.3. The second-order valence-corrected chi connectivity index (χ2v) is 11.4. The second-order valence-electron chi connectivity index (χ2n) is 11.4. The minimum Gasteiger partial charge on any atom is -0.381 e. The van der Waals surface area contributed by atoms with Crippen molar-refractivity contribution < 1.29 is 4.74 Å². The summed E-state index contributed by atoms with van der Waals surface area (Å²) in [5.41, 5.74) is 0. The SMILES string of the molecule is C=CN=C(C(C)CCN(CCC(C)C(C)C)CC1CCOCC1)N(CC)CCN(C)C1CCC1. The van der Waals surface area contributed by atoms with Gasteiger partial charge in [0, 0.05) is 57.6 Å². The fourth-order valence-electron chi connectivity index (χ4n) is 5.15. The van der Waals surface area contributed by atoms with E-state index in [9.17, 15) is 0 Å². The lowest BCUT2D eigenvalue weighted by atomic mass is 9.92. The Hall–Kier alpha value is -0.910. The molecule has 0 aromatic carbocycles. The Bertz CT molecular complexity index is 583. The predicted octanol–water partition coefficient (Wildman–Crippen LogP) is 5.77. The molecule has 2 unspecified atom stereocenters. The summed E-state index contributed by atoms with van der Waals surface area (Å²) in [6, 6.07) is 0.794. The zero-order chi connectivity index (χ0) is 24.9. The molecular weight excluding hydrogens is 420 g/mol. The Morgan fingerprint density at radius 2 is 1.68 bits per heavy atom. The van der Waals surface area contributed by atoms with Crippen molar-refractivity contribution in [1.29, 1.82) is 0 Å². The zero-order valence-electron chi connectivity index (χ0n) is 23.5. The molecule has 2 rings (SSSR count). The number of hydrogen-bond acceptors (Lipinski definition) is 4. The van der Waals surface area contributed by atoms with Gasteiger partial charge in [-0.1, -0.05) is 40.7 Å². The summed E-state index contributed by atoms with van der Waals surface area (Å²) >= 11 is 0. The third-order valence-electron chi connectivity index (χ3n) is 8.57. The molecule has 1 aliphatic heterocycles. The van der Waals surface area contributed by atoms with Crippen molar-refractivity contribution in [3.63, 3.8) is 0 Å². The Morgan fingerprint density at radius 1 is 1.00 bits per heavy atom. The summed E-state index contributed by atoms with van der Waals surface area (Å²) in [6.45, 7) is 24.3. The van der Waals surface area contributed by atoms with Crippen LogP contribution >= 0.6 is 0 Å². The first-order valence-corrected chi connectivity index (χ1v) is 14.3. The minimum absolute atomic E-state index is 0.437. The molecule has 0 aromatic rings. The number of nitrogens with zero attached hydrogens (tertiary/aromatic N) is 4. The van der Waals surface area contributed by atoms with E-state index in [1.54, 1.807) is 6.20 Å². The van der Waals surface area contributed by atoms with Crippen LogP contribution in [0.15, 0.2) is 17.8 Å². The normalized spacial score (nSPS) is 20.1. The van der Waals surface area contributed by atoms with Crippen LogP contribution in [0.1, 0.15) is 79.6 Å². The van der Waals surface area contributed by atoms with Crippen molar-refractivity contribution in [3.05, 3.63) is 12.8 Å². The van der Waals surface area contributed by atoms with Crippen molar-refractivity contribution in [2.24, 2.45) is 28.7 Å². The molecule has 1 heterocycles. The quantitative estimate of drug-likeness (QED) is 0.209. The summed E-state index contributed by atoms with van der Waals surface area (Å²) in [5, 5.41) is 0. The summed E-state index contributed by atoms with van der Waals surface area (Å²) in [5.74, 6) is 3.98. The summed E-state index contributed by atoms with van der Waals surface area (Å²) in [4.78, 5) is 12.6. The van der Waals surface area contributed by atoms with Gasteiger partial charge in [0.2, 0.25) is 0 Å². The number of hydrogen-bond donors (Lipinski definition) is 0. The zero-order valence-corrected chi connectivity index (χ0v) is 23.5. The lowest BCUT2D eigenvalue weighted by Crippen LogP contribution is -2.45. The maximum atomic E-state index is 5.62. The van der Waals surface area contributed by atoms with Gasteiger partial charge in [0.25, 0.3) is 0 Å². The first-order valence-electron chi connectivity index (χ1n) is 14.3. The molecule has 2 atom stereocenters. The van der Waals surface area contributed by atoms with Crippen molar-refractivity contribution >= 4 is 5.84 Å². The van der Waals surface area contributed by atoms with Gasteiger partial charge in [0.15, 0.2) is 0 Å². The number of ether oxygens (including phenoxy) is 1. The molecule has 198 valence electrons. The first-order chi connectivity index (χ1) is 16.3. The van der Waals surface area contributed by atoms with Crippen LogP contribution < -0.4 is 0 Å². The maximum Gasteiger partial charge on any atom is 0.107 e. The van der Waals surface area contributed by atoms with Gasteiger partial charge < -0.3 is 19.4 Å². The van der Waals surface area contributed by atoms with Gasteiger partial charge in [-0.25, -0.2) is 4.99 Å². The highest BCUT2D eigenvalue weighted by atomic mass is 16.5. The maximum absolute atomic E-state index is 5.62. The molecule has 5 nitrogen and oxygen atoms in total. The molecular formula is C29H56N4O. The van der Waals surface area contributed by atoms with E-state index >= 15 is 0 Å². The standard InChI is InChI=1S/C29H56N4O/c1-8-30-29(33(9-2)20-19-31(7)28-11-10-12-28)26(6)14-18-32(17-13-25(5)24(3)4)23-27-15-21-34-22-16-27/h8,24-28H,1,9-23H2,2-7H3. The predicted molar refractivity (Wildman–Crippen MR) is 148 cm³/mol. The third-order valence-corrected chi connectivity index (χ3v) is 8.57. The van der Waals surface area contributed by atoms with E-state index in [1.807, 2.05) is 0 Å². The average Bonchev–Trinajstić information content (AvgIpc) is 2.79. The molecule has 2 aliphatic rings. The van der Waals surface area contributed by atoms with E-state index in [2.05, 4.69) is 62.9 Å². The van der Waals surface area contributed by atoms with Crippen LogP contribution in [0.4, 0.5) is 0 Å². The van der Waals surface area contributed by atoms with Crippen molar-refractivity contribution in [1.82, 2.24) is 14.7 Å². The summed E-state index contributed by atoms with van der Waals surface area (Å²) in [6.07, 6.45) is 10.7. The number of likely N-dealkylation sites (N-methyl/N-ethyl adjacent to an activating group) is 2. The van der Waals surface area contributed by atoms with E-state index in [-0.39, 0.29) is 0 Å². The highest BCUT2D eigenvalue weighted by molar-refractivity contribution is 5.85. The molecule has 1 saturated carbocycles. The summed E-state index contributed by atoms with van der Waals surface area (Å²) < 4.78 is 5.62. The Morgan fingerprint density at radius 3 is 2.24 bits per heavy atom. The van der Waals surface area contributed by atoms with Gasteiger partial charge in [0.1, 0.15) is 5.84 Å². The van der Waals surface area contributed by atoms with Crippen LogP contribution in [0.3, 0.4) is 0 Å². The number of amidine groups is 1. The fraction of sp³-hybridized carbons (Fsp3) is 0.897. The largest absolute Gasteiger partial charge is 0.381 e. The van der Waals surface area contributed by atoms with Crippen LogP contribution in [0, 0.1) is 23.7 Å². The van der Waals surface area contributed by atoms with Crippen LogP contribution in [-0.2, 0) is 4.74 Å². The van der Waals surface area contributed by atoms with Crippen LogP contribution in [0.25, 0.3) is 0 Å². The smallest absolute Gasteiger partial charge is 0.107 e. The van der Waals surface area contributed by atoms with Gasteiger partial charge in [0.05, 0.1) is 0 Å². The second kappa shape index (κ2) is 16.0. The Labute approximate surface area is 212 Å². The van der Waals surface area contributed by atoms with Crippen LogP contribution in [0.5, 0.6) is 0 Å². The highest BCUT2D eigenvalue weighted by Crippen LogP contribution is 2.24. The lowest BCUT2D eigenvalue weighted by molar-refractivity contribution is 0.0509. The molecule has 0 bridgehead atoms. The van der Waals surface area contributed by atoms with Crippen LogP contribution in [0.2, 0.25) is 0 Å². The average molecular weight is 477 g/mol. The third kappa shape index (κ3) is 9.99. The van der Waals surface area contributed by atoms with E-state index in [4.69, 9.17) is 9.73 Å². The van der Waals surface area contributed by atoms with Gasteiger partial charge in [-0.15, -0.1) is 0 Å². The molecule has 0 radical (unpaired) electrons. The molecule has 1 aliphatic carbocycles. The minimum atomic E-state index is 0.437. The molecule has 0 aromatic heterocycles. The van der Waals surface area contributed by atoms with E-state index in [0.717, 1.165) is 69.6 Å². The number of aliphatic imine (C=N–C) groups is 1. The van der Waals surface area contributed by atoms with Gasteiger partial charge in [-0.05, 0) is 83.3 Å². The molecule has 0 spiro atoms. The molecule has 34 heavy (non-hydrogen) atoms.